The number of hydrogen-bond acceptors (Lipinski definition) is 5. The predicted octanol–water partition coefficient (Wildman–Crippen LogP) is 4.32. The Morgan fingerprint density at radius 2 is 1.60 bits per heavy atom. The second-order valence-electron chi connectivity index (χ2n) is 7.31. The van der Waals surface area contributed by atoms with Crippen molar-refractivity contribution < 1.29 is 5.11 Å². The topological polar surface area (TPSA) is 81.0 Å². The molecule has 2 rings (SSSR count). The molecule has 0 bridgehead atoms. The number of azo groups is 1. The van der Waals surface area contributed by atoms with Crippen molar-refractivity contribution in [3.05, 3.63) is 36.4 Å². The Morgan fingerprint density at radius 1 is 0.960 bits per heavy atom. The molecule has 25 heavy (non-hydrogen) atoms. The Kier molecular flexibility index (Phi) is 5.47. The van der Waals surface area contributed by atoms with Crippen molar-refractivity contribution in [1.29, 1.82) is 0 Å². The van der Waals surface area contributed by atoms with Crippen LogP contribution in [0.25, 0.3) is 10.8 Å². The number of fused-ring (bicyclic) bond motifs is 1. The van der Waals surface area contributed by atoms with E-state index in [2.05, 4.69) is 26.4 Å². The lowest BCUT2D eigenvalue weighted by Crippen LogP contribution is -2.48. The fraction of sp³-hybridized carbons (Fsp3) is 0.389. The second kappa shape index (κ2) is 7.23. The molecule has 0 saturated heterocycles. The molecule has 2 aromatic rings. The fourth-order valence-corrected chi connectivity index (χ4v) is 2.44. The number of phenolic OH excluding ortho intramolecular Hbond substituents is 1. The van der Waals surface area contributed by atoms with Crippen LogP contribution in [0.4, 0.5) is 5.69 Å². The van der Waals surface area contributed by atoms with Crippen molar-refractivity contribution in [3.63, 3.8) is 0 Å². The van der Waals surface area contributed by atoms with Gasteiger partial charge in [-0.3, -0.25) is 10.9 Å². The maximum atomic E-state index is 9.94. The summed E-state index contributed by atoms with van der Waals surface area (Å²) < 4.78 is 0. The van der Waals surface area contributed by atoms with Crippen molar-refractivity contribution >= 4 is 33.8 Å². The van der Waals surface area contributed by atoms with Gasteiger partial charge in [-0.2, -0.15) is 10.2 Å². The molecule has 134 valence electrons. The van der Waals surface area contributed by atoms with Crippen LogP contribution in [0.2, 0.25) is 0 Å². The van der Waals surface area contributed by atoms with Crippen LogP contribution < -0.4 is 16.2 Å². The summed E-state index contributed by atoms with van der Waals surface area (Å²) in [6.45, 7) is 9.75. The fourth-order valence-electron chi connectivity index (χ4n) is 2.14. The number of nitrogens with zero attached hydrogens (tertiary/aromatic N) is 2. The number of thiocarbonyl (C=S) groups is 1. The molecule has 0 unspecified atom stereocenters. The highest BCUT2D eigenvalue weighted by atomic mass is 32.1. The molecule has 0 radical (unpaired) electrons. The molecule has 4 N–H and O–H groups in total. The Labute approximate surface area is 153 Å². The molecule has 0 heterocycles. The summed E-state index contributed by atoms with van der Waals surface area (Å²) in [7, 11) is 0. The van der Waals surface area contributed by atoms with E-state index in [1.54, 1.807) is 12.1 Å². The molecule has 0 fully saturated rings. The van der Waals surface area contributed by atoms with Gasteiger partial charge in [0, 0.05) is 10.8 Å². The zero-order valence-electron chi connectivity index (χ0n) is 15.2. The third kappa shape index (κ3) is 5.56. The van der Waals surface area contributed by atoms with Crippen molar-refractivity contribution in [2.45, 2.75) is 45.8 Å². The van der Waals surface area contributed by atoms with Crippen LogP contribution in [0.3, 0.4) is 0 Å². The highest BCUT2D eigenvalue weighted by molar-refractivity contribution is 7.80. The van der Waals surface area contributed by atoms with Gasteiger partial charge in [0.1, 0.15) is 11.4 Å². The third-order valence-corrected chi connectivity index (χ3v) is 3.43. The summed E-state index contributed by atoms with van der Waals surface area (Å²) in [5, 5.41) is 23.7. The van der Waals surface area contributed by atoms with E-state index in [-0.39, 0.29) is 11.3 Å². The van der Waals surface area contributed by atoms with E-state index in [9.17, 15) is 5.11 Å². The first-order valence-corrected chi connectivity index (χ1v) is 8.47. The molecule has 0 atom stereocenters. The van der Waals surface area contributed by atoms with E-state index in [0.717, 1.165) is 16.5 Å². The molecule has 0 aromatic heterocycles. The number of nitrogens with one attached hydrogen (secondary N) is 3. The lowest BCUT2D eigenvalue weighted by atomic mass is 10.1. The van der Waals surface area contributed by atoms with E-state index in [0.29, 0.717) is 5.11 Å². The van der Waals surface area contributed by atoms with Gasteiger partial charge in [-0.25, -0.2) is 0 Å². The van der Waals surface area contributed by atoms with Gasteiger partial charge in [-0.05, 0) is 59.0 Å². The minimum absolute atomic E-state index is 0.239. The highest BCUT2D eigenvalue weighted by Crippen LogP contribution is 2.29. The third-order valence-electron chi connectivity index (χ3n) is 3.23. The van der Waals surface area contributed by atoms with Gasteiger partial charge in [0.05, 0.1) is 11.2 Å². The van der Waals surface area contributed by atoms with Crippen LogP contribution in [0.1, 0.15) is 34.6 Å². The maximum Gasteiger partial charge on any atom is 0.187 e. The molecule has 0 aliphatic rings. The van der Waals surface area contributed by atoms with Crippen LogP contribution in [-0.2, 0) is 0 Å². The van der Waals surface area contributed by atoms with Gasteiger partial charge in [-0.1, -0.05) is 24.3 Å². The van der Waals surface area contributed by atoms with Crippen molar-refractivity contribution in [1.82, 2.24) is 10.7 Å². The standard InChI is InChI=1S/C18H25N5OS/c1-17(2,3)22-23-18(4,5)19-16(25)21-20-14-10-6-9-13-12(14)8-7-11-15(13)24/h6-11,20,24H,1-5H3,(H2,19,21,25). The van der Waals surface area contributed by atoms with Crippen LogP contribution >= 0.6 is 12.2 Å². The summed E-state index contributed by atoms with van der Waals surface area (Å²) in [6, 6.07) is 11.0. The molecule has 6 nitrogen and oxygen atoms in total. The molecule has 0 saturated carbocycles. The number of hydrogen-bond donors (Lipinski definition) is 4. The summed E-state index contributed by atoms with van der Waals surface area (Å²) in [5.41, 5.74) is 5.97. The summed E-state index contributed by atoms with van der Waals surface area (Å²) in [6.07, 6.45) is 0. The van der Waals surface area contributed by atoms with Gasteiger partial charge in [0.25, 0.3) is 0 Å². The molecule has 7 heteroatoms. The lowest BCUT2D eigenvalue weighted by molar-refractivity contribution is 0.415. The van der Waals surface area contributed by atoms with E-state index in [1.807, 2.05) is 58.9 Å². The second-order valence-corrected chi connectivity index (χ2v) is 7.72. The minimum Gasteiger partial charge on any atom is -0.507 e. The number of rotatable bonds is 4. The van der Waals surface area contributed by atoms with Crippen molar-refractivity contribution in [3.8, 4) is 5.75 Å². The SMILES string of the molecule is CC(C)(C)N=NC(C)(C)NC(=S)NNc1cccc2c(O)cccc12. The van der Waals surface area contributed by atoms with Gasteiger partial charge < -0.3 is 10.4 Å². The summed E-state index contributed by atoms with van der Waals surface area (Å²) in [5.74, 6) is 0.241. The average molecular weight is 359 g/mol. The number of aromatic hydroxyl groups is 1. The molecule has 0 spiro atoms. The van der Waals surface area contributed by atoms with E-state index in [4.69, 9.17) is 12.2 Å². The lowest BCUT2D eigenvalue weighted by Gasteiger charge is -2.24. The van der Waals surface area contributed by atoms with Crippen LogP contribution in [0.5, 0.6) is 5.75 Å². The van der Waals surface area contributed by atoms with Gasteiger partial charge in [0.2, 0.25) is 0 Å². The number of hydrazine groups is 1. The van der Waals surface area contributed by atoms with Gasteiger partial charge in [0.15, 0.2) is 5.11 Å². The number of benzene rings is 2. The van der Waals surface area contributed by atoms with E-state index in [1.165, 1.54) is 0 Å². The molecular weight excluding hydrogens is 334 g/mol. The van der Waals surface area contributed by atoms with E-state index >= 15 is 0 Å². The first-order chi connectivity index (χ1) is 11.6. The zero-order chi connectivity index (χ0) is 18.7. The molecule has 0 aliphatic carbocycles. The first kappa shape index (κ1) is 18.9. The maximum absolute atomic E-state index is 9.94. The van der Waals surface area contributed by atoms with Crippen molar-refractivity contribution in [2.24, 2.45) is 10.2 Å². The normalized spacial score (nSPS) is 12.4. The highest BCUT2D eigenvalue weighted by Gasteiger charge is 2.19. The monoisotopic (exact) mass is 359 g/mol. The average Bonchev–Trinajstić information content (AvgIpc) is 2.51. The minimum atomic E-state index is -0.629. The Morgan fingerprint density at radius 3 is 2.28 bits per heavy atom. The Hall–Kier alpha value is -2.41. The molecular formula is C18H25N5OS. The smallest absolute Gasteiger partial charge is 0.187 e. The largest absolute Gasteiger partial charge is 0.507 e. The van der Waals surface area contributed by atoms with Crippen LogP contribution in [0, 0.1) is 0 Å². The summed E-state index contributed by atoms with van der Waals surface area (Å²) >= 11 is 5.32. The quantitative estimate of drug-likeness (QED) is 0.371. The van der Waals surface area contributed by atoms with Crippen LogP contribution in [0.15, 0.2) is 46.6 Å². The van der Waals surface area contributed by atoms with E-state index < -0.39 is 5.66 Å². The number of phenols is 1. The summed E-state index contributed by atoms with van der Waals surface area (Å²) in [4.78, 5) is 0. The molecule has 2 aromatic carbocycles. The van der Waals surface area contributed by atoms with Gasteiger partial charge in [-0.15, -0.1) is 0 Å². The first-order valence-electron chi connectivity index (χ1n) is 8.06. The number of anilines is 1. The Balaban J connectivity index is 2.03. The zero-order valence-corrected chi connectivity index (χ0v) is 16.0. The molecule has 0 amide bonds. The van der Waals surface area contributed by atoms with Crippen molar-refractivity contribution in [2.75, 3.05) is 5.43 Å². The van der Waals surface area contributed by atoms with Gasteiger partial charge >= 0.3 is 0 Å². The molecule has 0 aliphatic heterocycles. The van der Waals surface area contributed by atoms with Crippen LogP contribution in [-0.4, -0.2) is 21.4 Å². The Bertz CT molecular complexity index is 796. The predicted molar refractivity (Wildman–Crippen MR) is 107 cm³/mol.